The van der Waals surface area contributed by atoms with E-state index in [1.165, 1.54) is 12.1 Å². The van der Waals surface area contributed by atoms with E-state index in [0.29, 0.717) is 25.5 Å². The van der Waals surface area contributed by atoms with E-state index in [4.69, 9.17) is 0 Å². The van der Waals surface area contributed by atoms with Crippen molar-refractivity contribution < 1.29 is 9.18 Å². The first-order valence-electron chi connectivity index (χ1n) is 8.74. The summed E-state index contributed by atoms with van der Waals surface area (Å²) in [5.41, 5.74) is 3.04. The molecule has 2 aromatic rings. The van der Waals surface area contributed by atoms with Gasteiger partial charge in [-0.3, -0.25) is 9.79 Å². The molecule has 0 aliphatic carbocycles. The third-order valence-electron chi connectivity index (χ3n) is 4.38. The fraction of sp³-hybridized carbons (Fsp3) is 0.300. The Balaban J connectivity index is 0.00000261. The fourth-order valence-corrected chi connectivity index (χ4v) is 2.91. The molecule has 0 bridgehead atoms. The Labute approximate surface area is 176 Å². The second-order valence-electron chi connectivity index (χ2n) is 6.22. The lowest BCUT2D eigenvalue weighted by Gasteiger charge is -2.16. The SMILES string of the molecule is CN=C(NCc1ccc(F)cc1)NCc1ccc(N2CCCC2=O)cc1.I. The maximum atomic E-state index is 12.9. The summed E-state index contributed by atoms with van der Waals surface area (Å²) < 4.78 is 12.9. The molecular formula is C20H24FIN4O. The molecule has 1 fully saturated rings. The molecule has 1 aliphatic rings. The van der Waals surface area contributed by atoms with Crippen LogP contribution in [0.4, 0.5) is 10.1 Å². The van der Waals surface area contributed by atoms with Crippen molar-refractivity contribution in [2.24, 2.45) is 4.99 Å². The van der Waals surface area contributed by atoms with Crippen LogP contribution in [0.3, 0.4) is 0 Å². The number of benzene rings is 2. The topological polar surface area (TPSA) is 56.7 Å². The van der Waals surface area contributed by atoms with Crippen LogP contribution >= 0.6 is 24.0 Å². The number of rotatable bonds is 5. The number of hydrogen-bond donors (Lipinski definition) is 2. The second kappa shape index (κ2) is 10.2. The van der Waals surface area contributed by atoms with Crippen molar-refractivity contribution in [3.05, 3.63) is 65.5 Å². The van der Waals surface area contributed by atoms with Crippen LogP contribution in [-0.2, 0) is 17.9 Å². The minimum Gasteiger partial charge on any atom is -0.352 e. The molecule has 5 nitrogen and oxygen atoms in total. The van der Waals surface area contributed by atoms with Crippen molar-refractivity contribution >= 4 is 41.5 Å². The quantitative estimate of drug-likeness (QED) is 0.390. The van der Waals surface area contributed by atoms with Gasteiger partial charge in [-0.1, -0.05) is 24.3 Å². The van der Waals surface area contributed by atoms with Crippen LogP contribution in [0.2, 0.25) is 0 Å². The Kier molecular flexibility index (Phi) is 8.02. The van der Waals surface area contributed by atoms with E-state index in [1.807, 2.05) is 29.2 Å². The molecule has 0 radical (unpaired) electrons. The average molecular weight is 482 g/mol. The van der Waals surface area contributed by atoms with Crippen LogP contribution in [0.1, 0.15) is 24.0 Å². The van der Waals surface area contributed by atoms with Crippen LogP contribution in [0.5, 0.6) is 0 Å². The third-order valence-corrected chi connectivity index (χ3v) is 4.38. The lowest BCUT2D eigenvalue weighted by Crippen LogP contribution is -2.36. The van der Waals surface area contributed by atoms with Gasteiger partial charge in [0.25, 0.3) is 0 Å². The third kappa shape index (κ3) is 5.92. The molecule has 0 aromatic heterocycles. The molecule has 144 valence electrons. The number of anilines is 1. The summed E-state index contributed by atoms with van der Waals surface area (Å²) in [6, 6.07) is 14.4. The summed E-state index contributed by atoms with van der Waals surface area (Å²) in [5, 5.41) is 6.45. The van der Waals surface area contributed by atoms with Gasteiger partial charge in [-0.2, -0.15) is 0 Å². The van der Waals surface area contributed by atoms with Gasteiger partial charge in [0.1, 0.15) is 5.82 Å². The Morgan fingerprint density at radius 2 is 1.59 bits per heavy atom. The number of nitrogens with one attached hydrogen (secondary N) is 2. The average Bonchev–Trinajstić information content (AvgIpc) is 3.10. The van der Waals surface area contributed by atoms with Gasteiger partial charge >= 0.3 is 0 Å². The lowest BCUT2D eigenvalue weighted by atomic mass is 10.2. The highest BCUT2D eigenvalue weighted by Crippen LogP contribution is 2.21. The minimum atomic E-state index is -0.240. The zero-order valence-electron chi connectivity index (χ0n) is 15.2. The van der Waals surface area contributed by atoms with Crippen LogP contribution in [0, 0.1) is 5.82 Å². The molecule has 0 spiro atoms. The summed E-state index contributed by atoms with van der Waals surface area (Å²) in [4.78, 5) is 17.8. The van der Waals surface area contributed by atoms with Crippen LogP contribution in [0.15, 0.2) is 53.5 Å². The van der Waals surface area contributed by atoms with E-state index in [9.17, 15) is 9.18 Å². The zero-order valence-corrected chi connectivity index (χ0v) is 17.6. The van der Waals surface area contributed by atoms with Gasteiger partial charge in [-0.05, 0) is 41.8 Å². The van der Waals surface area contributed by atoms with Gasteiger partial charge in [0.05, 0.1) is 0 Å². The summed E-state index contributed by atoms with van der Waals surface area (Å²) in [5.74, 6) is 0.629. The van der Waals surface area contributed by atoms with Crippen LogP contribution in [-0.4, -0.2) is 25.5 Å². The Hall–Kier alpha value is -2.16. The predicted molar refractivity (Wildman–Crippen MR) is 117 cm³/mol. The molecule has 0 atom stereocenters. The normalized spacial score (nSPS) is 14.1. The molecule has 1 aliphatic heterocycles. The van der Waals surface area contributed by atoms with Crippen molar-refractivity contribution in [2.45, 2.75) is 25.9 Å². The lowest BCUT2D eigenvalue weighted by molar-refractivity contribution is -0.117. The van der Waals surface area contributed by atoms with Crippen LogP contribution in [0.25, 0.3) is 0 Å². The summed E-state index contributed by atoms with van der Waals surface area (Å²) in [6.45, 7) is 1.99. The van der Waals surface area contributed by atoms with Gasteiger partial charge in [0, 0.05) is 38.8 Å². The number of amides is 1. The molecule has 1 heterocycles. The first-order valence-corrected chi connectivity index (χ1v) is 8.74. The first-order chi connectivity index (χ1) is 12.7. The van der Waals surface area contributed by atoms with Crippen molar-refractivity contribution in [3.8, 4) is 0 Å². The maximum absolute atomic E-state index is 12.9. The monoisotopic (exact) mass is 482 g/mol. The van der Waals surface area contributed by atoms with Crippen molar-refractivity contribution in [1.29, 1.82) is 0 Å². The number of hydrogen-bond acceptors (Lipinski definition) is 2. The molecular weight excluding hydrogens is 458 g/mol. The predicted octanol–water partition coefficient (Wildman–Crippen LogP) is 3.44. The number of aliphatic imine (C=N–C) groups is 1. The van der Waals surface area contributed by atoms with Crippen LogP contribution < -0.4 is 15.5 Å². The van der Waals surface area contributed by atoms with Gasteiger partial charge in [-0.15, -0.1) is 24.0 Å². The number of nitrogens with zero attached hydrogens (tertiary/aromatic N) is 2. The van der Waals surface area contributed by atoms with Gasteiger partial charge in [0.2, 0.25) is 5.91 Å². The highest BCUT2D eigenvalue weighted by atomic mass is 127. The van der Waals surface area contributed by atoms with E-state index in [1.54, 1.807) is 19.2 Å². The van der Waals surface area contributed by atoms with E-state index >= 15 is 0 Å². The van der Waals surface area contributed by atoms with Crippen molar-refractivity contribution in [1.82, 2.24) is 10.6 Å². The minimum absolute atomic E-state index is 0. The molecule has 27 heavy (non-hydrogen) atoms. The second-order valence-corrected chi connectivity index (χ2v) is 6.22. The standard InChI is InChI=1S/C20H23FN4O.HI/c1-22-20(23-13-15-4-8-17(21)9-5-15)24-14-16-6-10-18(11-7-16)25-12-2-3-19(25)26;/h4-11H,2-3,12-14H2,1H3,(H2,22,23,24);1H. The molecule has 3 rings (SSSR count). The molecule has 0 saturated carbocycles. The Morgan fingerprint density at radius 1 is 1.04 bits per heavy atom. The fourth-order valence-electron chi connectivity index (χ4n) is 2.91. The van der Waals surface area contributed by atoms with Gasteiger partial charge < -0.3 is 15.5 Å². The number of guanidine groups is 1. The van der Waals surface area contributed by atoms with Crippen molar-refractivity contribution in [3.63, 3.8) is 0 Å². The van der Waals surface area contributed by atoms with E-state index in [-0.39, 0.29) is 35.7 Å². The highest BCUT2D eigenvalue weighted by Gasteiger charge is 2.21. The first kappa shape index (κ1) is 21.1. The number of carbonyl (C=O) groups is 1. The number of halogens is 2. The summed E-state index contributed by atoms with van der Waals surface area (Å²) in [7, 11) is 1.71. The number of carbonyl (C=O) groups excluding carboxylic acids is 1. The van der Waals surface area contributed by atoms with Gasteiger partial charge in [0.15, 0.2) is 5.96 Å². The molecule has 2 N–H and O–H groups in total. The Morgan fingerprint density at radius 3 is 2.07 bits per heavy atom. The summed E-state index contributed by atoms with van der Waals surface area (Å²) >= 11 is 0. The Bertz CT molecular complexity index is 778. The van der Waals surface area contributed by atoms with Gasteiger partial charge in [-0.25, -0.2) is 4.39 Å². The van der Waals surface area contributed by atoms with E-state index in [2.05, 4.69) is 15.6 Å². The highest BCUT2D eigenvalue weighted by molar-refractivity contribution is 14.0. The largest absolute Gasteiger partial charge is 0.352 e. The molecule has 7 heteroatoms. The zero-order chi connectivity index (χ0) is 18.4. The molecule has 0 unspecified atom stereocenters. The smallest absolute Gasteiger partial charge is 0.227 e. The molecule has 1 saturated heterocycles. The maximum Gasteiger partial charge on any atom is 0.227 e. The van der Waals surface area contributed by atoms with E-state index < -0.39 is 0 Å². The molecule has 1 amide bonds. The molecule has 2 aromatic carbocycles. The van der Waals surface area contributed by atoms with E-state index in [0.717, 1.165) is 29.8 Å². The summed E-state index contributed by atoms with van der Waals surface area (Å²) in [6.07, 6.45) is 1.57. The van der Waals surface area contributed by atoms with Crippen molar-refractivity contribution in [2.75, 3.05) is 18.5 Å².